The van der Waals surface area contributed by atoms with E-state index in [4.69, 9.17) is 5.73 Å². The molecule has 2 nitrogen and oxygen atoms in total. The number of hydrogen-bond donors (Lipinski definition) is 2. The molecule has 0 aliphatic heterocycles. The third kappa shape index (κ3) is 3.12. The molecule has 2 atom stereocenters. The van der Waals surface area contributed by atoms with Crippen LogP contribution in [-0.4, -0.2) is 11.7 Å². The number of hydrogen-bond acceptors (Lipinski definition) is 2. The van der Waals surface area contributed by atoms with Crippen molar-refractivity contribution >= 4 is 15.9 Å². The molecule has 2 unspecified atom stereocenters. The molecule has 0 radical (unpaired) electrons. The van der Waals surface area contributed by atoms with E-state index in [2.05, 4.69) is 15.9 Å². The molecular weight excluding hydrogens is 347 g/mol. The second-order valence-corrected chi connectivity index (χ2v) is 5.43. The first-order valence-electron chi connectivity index (χ1n) is 6.23. The van der Waals surface area contributed by atoms with Crippen LogP contribution in [0.2, 0.25) is 0 Å². The first-order valence-corrected chi connectivity index (χ1v) is 7.02. The maximum Gasteiger partial charge on any atom is 0.194 e. The van der Waals surface area contributed by atoms with Crippen LogP contribution in [0.25, 0.3) is 0 Å². The molecule has 0 heterocycles. The maximum absolute atomic E-state index is 13.8. The van der Waals surface area contributed by atoms with Crippen molar-refractivity contribution < 1.29 is 18.3 Å². The Balaban J connectivity index is 2.44. The number of benzene rings is 2. The molecule has 0 saturated carbocycles. The van der Waals surface area contributed by atoms with E-state index in [0.29, 0.717) is 10.0 Å². The van der Waals surface area contributed by atoms with E-state index in [-0.39, 0.29) is 12.1 Å². The van der Waals surface area contributed by atoms with E-state index in [0.717, 1.165) is 12.1 Å². The summed E-state index contributed by atoms with van der Waals surface area (Å²) in [5.74, 6) is -4.95. The van der Waals surface area contributed by atoms with Crippen molar-refractivity contribution in [2.75, 3.05) is 6.54 Å². The van der Waals surface area contributed by atoms with Crippen LogP contribution in [0.1, 0.15) is 23.1 Å². The van der Waals surface area contributed by atoms with Gasteiger partial charge in [0.2, 0.25) is 0 Å². The van der Waals surface area contributed by atoms with E-state index in [9.17, 15) is 18.3 Å². The van der Waals surface area contributed by atoms with Crippen molar-refractivity contribution in [3.8, 4) is 0 Å². The fraction of sp³-hybridized carbons (Fsp3) is 0.200. The highest BCUT2D eigenvalue weighted by Gasteiger charge is 2.27. The second-order valence-electron chi connectivity index (χ2n) is 4.57. The van der Waals surface area contributed by atoms with Crippen LogP contribution in [0.3, 0.4) is 0 Å². The summed E-state index contributed by atoms with van der Waals surface area (Å²) in [6, 6.07) is 8.82. The zero-order valence-electron chi connectivity index (χ0n) is 10.9. The Labute approximate surface area is 128 Å². The Kier molecular flexibility index (Phi) is 5.03. The van der Waals surface area contributed by atoms with Crippen LogP contribution in [0.5, 0.6) is 0 Å². The largest absolute Gasteiger partial charge is 0.388 e. The molecule has 0 aliphatic rings. The Morgan fingerprint density at radius 2 is 1.67 bits per heavy atom. The van der Waals surface area contributed by atoms with Gasteiger partial charge in [0.1, 0.15) is 0 Å². The molecule has 2 rings (SSSR count). The maximum atomic E-state index is 13.8. The quantitative estimate of drug-likeness (QED) is 0.818. The second kappa shape index (κ2) is 6.60. The summed E-state index contributed by atoms with van der Waals surface area (Å²) in [6.07, 6.45) is -1.39. The number of aliphatic hydroxyl groups is 1. The van der Waals surface area contributed by atoms with Crippen LogP contribution < -0.4 is 5.73 Å². The zero-order chi connectivity index (χ0) is 15.6. The fourth-order valence-corrected chi connectivity index (χ4v) is 2.77. The van der Waals surface area contributed by atoms with Gasteiger partial charge in [0.05, 0.1) is 6.10 Å². The Morgan fingerprint density at radius 3 is 2.29 bits per heavy atom. The van der Waals surface area contributed by atoms with Gasteiger partial charge in [0.15, 0.2) is 17.5 Å². The van der Waals surface area contributed by atoms with Gasteiger partial charge >= 0.3 is 0 Å². The average Bonchev–Trinajstić information content (AvgIpc) is 2.47. The first kappa shape index (κ1) is 16.0. The lowest BCUT2D eigenvalue weighted by Gasteiger charge is -2.23. The van der Waals surface area contributed by atoms with Gasteiger partial charge in [-0.2, -0.15) is 0 Å². The third-order valence-electron chi connectivity index (χ3n) is 3.32. The van der Waals surface area contributed by atoms with Crippen molar-refractivity contribution in [2.45, 2.75) is 12.0 Å². The molecule has 21 heavy (non-hydrogen) atoms. The molecule has 2 aromatic rings. The highest BCUT2D eigenvalue weighted by Crippen LogP contribution is 2.35. The molecule has 0 aliphatic carbocycles. The van der Waals surface area contributed by atoms with E-state index in [1.54, 1.807) is 24.3 Å². The number of aliphatic hydroxyl groups excluding tert-OH is 1. The molecule has 0 saturated heterocycles. The van der Waals surface area contributed by atoms with Crippen LogP contribution in [0, 0.1) is 17.5 Å². The molecule has 0 bridgehead atoms. The SMILES string of the molecule is NCC(c1ccccc1Br)C(O)c1ccc(F)c(F)c1F. The van der Waals surface area contributed by atoms with Crippen LogP contribution in [-0.2, 0) is 0 Å². The summed E-state index contributed by atoms with van der Waals surface area (Å²) >= 11 is 3.33. The smallest absolute Gasteiger partial charge is 0.194 e. The predicted molar refractivity (Wildman–Crippen MR) is 77.2 cm³/mol. The summed E-state index contributed by atoms with van der Waals surface area (Å²) in [4.78, 5) is 0. The van der Waals surface area contributed by atoms with Gasteiger partial charge in [0.25, 0.3) is 0 Å². The van der Waals surface area contributed by atoms with E-state index >= 15 is 0 Å². The Bertz CT molecular complexity index is 651. The van der Waals surface area contributed by atoms with Gasteiger partial charge in [-0.25, -0.2) is 13.2 Å². The predicted octanol–water partition coefficient (Wildman–Crippen LogP) is 3.64. The van der Waals surface area contributed by atoms with Crippen molar-refractivity contribution in [1.29, 1.82) is 0 Å². The van der Waals surface area contributed by atoms with Gasteiger partial charge in [0, 0.05) is 22.5 Å². The highest BCUT2D eigenvalue weighted by atomic mass is 79.9. The summed E-state index contributed by atoms with van der Waals surface area (Å²) < 4.78 is 40.8. The first-order chi connectivity index (χ1) is 9.97. The topological polar surface area (TPSA) is 46.2 Å². The van der Waals surface area contributed by atoms with Gasteiger partial charge in [-0.05, 0) is 17.7 Å². The van der Waals surface area contributed by atoms with E-state index < -0.39 is 29.5 Å². The molecule has 0 amide bonds. The lowest BCUT2D eigenvalue weighted by atomic mass is 9.89. The molecule has 0 spiro atoms. The zero-order valence-corrected chi connectivity index (χ0v) is 12.4. The van der Waals surface area contributed by atoms with E-state index in [1.165, 1.54) is 0 Å². The fourth-order valence-electron chi connectivity index (χ4n) is 2.19. The molecule has 6 heteroatoms. The number of halogens is 4. The van der Waals surface area contributed by atoms with Gasteiger partial charge < -0.3 is 10.8 Å². The van der Waals surface area contributed by atoms with Crippen LogP contribution in [0.4, 0.5) is 13.2 Å². The van der Waals surface area contributed by atoms with Gasteiger partial charge in [-0.1, -0.05) is 40.2 Å². The van der Waals surface area contributed by atoms with Crippen molar-refractivity contribution in [3.63, 3.8) is 0 Å². The van der Waals surface area contributed by atoms with Gasteiger partial charge in [-0.3, -0.25) is 0 Å². The number of nitrogens with two attached hydrogens (primary N) is 1. The number of rotatable bonds is 4. The van der Waals surface area contributed by atoms with Crippen molar-refractivity contribution in [3.05, 3.63) is 69.4 Å². The third-order valence-corrected chi connectivity index (χ3v) is 4.05. The van der Waals surface area contributed by atoms with E-state index in [1.807, 2.05) is 0 Å². The lowest BCUT2D eigenvalue weighted by Crippen LogP contribution is -2.21. The normalized spacial score (nSPS) is 14.0. The standard InChI is InChI=1S/C15H13BrF3NO/c16-11-4-2-1-3-8(11)10(7-20)15(21)9-5-6-12(17)14(19)13(9)18/h1-6,10,15,21H,7,20H2. The molecule has 0 aromatic heterocycles. The van der Waals surface area contributed by atoms with Gasteiger partial charge in [-0.15, -0.1) is 0 Å². The average molecular weight is 360 g/mol. The molecule has 112 valence electrons. The molecule has 3 N–H and O–H groups in total. The van der Waals surface area contributed by atoms with Crippen molar-refractivity contribution in [2.24, 2.45) is 5.73 Å². The minimum atomic E-state index is -1.60. The minimum Gasteiger partial charge on any atom is -0.388 e. The molecule has 0 fully saturated rings. The van der Waals surface area contributed by atoms with Crippen LogP contribution in [0.15, 0.2) is 40.9 Å². The summed E-state index contributed by atoms with van der Waals surface area (Å²) in [6.45, 7) is 0.0161. The molecule has 2 aromatic carbocycles. The summed E-state index contributed by atoms with van der Waals surface area (Å²) in [5.41, 5.74) is 6.00. The van der Waals surface area contributed by atoms with Crippen molar-refractivity contribution in [1.82, 2.24) is 0 Å². The minimum absolute atomic E-state index is 0.0161. The van der Waals surface area contributed by atoms with Crippen LogP contribution >= 0.6 is 15.9 Å². The summed E-state index contributed by atoms with van der Waals surface area (Å²) in [5, 5.41) is 10.3. The highest BCUT2D eigenvalue weighted by molar-refractivity contribution is 9.10. The monoisotopic (exact) mass is 359 g/mol. The Hall–Kier alpha value is -1.37. The summed E-state index contributed by atoms with van der Waals surface area (Å²) in [7, 11) is 0. The Morgan fingerprint density at radius 1 is 1.00 bits per heavy atom. The molecular formula is C15H13BrF3NO. The lowest BCUT2D eigenvalue weighted by molar-refractivity contribution is 0.141.